The standard InChI is InChI=1S/C20H26BrClO2/c1-19-10-8-16(23)17(21)14(19)4-3-11-12-5-6-15(22)18(24)20(12,2)9-7-13(11)19/h6,11-13,18,24H,3-5,7-10H2,1-2H3/t11-,12-,13-,18?,19+,20-/m0/s1. The highest BCUT2D eigenvalue weighted by Crippen LogP contribution is 2.65. The summed E-state index contributed by atoms with van der Waals surface area (Å²) in [6, 6.07) is 0. The third kappa shape index (κ3) is 2.20. The molecule has 132 valence electrons. The highest BCUT2D eigenvalue weighted by molar-refractivity contribution is 9.12. The van der Waals surface area contributed by atoms with Gasteiger partial charge >= 0.3 is 0 Å². The molecule has 4 aliphatic rings. The molecule has 0 aliphatic heterocycles. The van der Waals surface area contributed by atoms with Crippen LogP contribution in [0.25, 0.3) is 0 Å². The van der Waals surface area contributed by atoms with E-state index in [4.69, 9.17) is 11.6 Å². The fourth-order valence-electron chi connectivity index (χ4n) is 6.45. The number of fused-ring (bicyclic) bond motifs is 5. The summed E-state index contributed by atoms with van der Waals surface area (Å²) in [5.41, 5.74) is 1.42. The van der Waals surface area contributed by atoms with E-state index < -0.39 is 6.10 Å². The Balaban J connectivity index is 1.73. The molecular formula is C20H26BrClO2. The highest BCUT2D eigenvalue weighted by Gasteiger charge is 2.58. The topological polar surface area (TPSA) is 37.3 Å². The summed E-state index contributed by atoms with van der Waals surface area (Å²) in [6.07, 6.45) is 8.49. The fourth-order valence-corrected chi connectivity index (χ4v) is 7.63. The van der Waals surface area contributed by atoms with Gasteiger partial charge in [0.05, 0.1) is 10.6 Å². The van der Waals surface area contributed by atoms with Crippen molar-refractivity contribution in [3.63, 3.8) is 0 Å². The molecule has 1 N–H and O–H groups in total. The van der Waals surface area contributed by atoms with E-state index in [9.17, 15) is 9.90 Å². The number of ketones is 1. The van der Waals surface area contributed by atoms with Gasteiger partial charge in [-0.2, -0.15) is 0 Å². The largest absolute Gasteiger partial charge is 0.387 e. The number of hydrogen-bond donors (Lipinski definition) is 1. The first-order chi connectivity index (χ1) is 11.3. The maximum atomic E-state index is 12.1. The predicted molar refractivity (Wildman–Crippen MR) is 99.9 cm³/mol. The summed E-state index contributed by atoms with van der Waals surface area (Å²) in [5, 5.41) is 11.4. The Morgan fingerprint density at radius 3 is 2.71 bits per heavy atom. The Bertz CT molecular complexity index is 654. The number of halogens is 2. The van der Waals surface area contributed by atoms with Crippen molar-refractivity contribution in [1.29, 1.82) is 0 Å². The fraction of sp³-hybridized carbons (Fsp3) is 0.750. The van der Waals surface area contributed by atoms with Crippen LogP contribution in [0.5, 0.6) is 0 Å². The quantitative estimate of drug-likeness (QED) is 0.582. The molecular weight excluding hydrogens is 388 g/mol. The van der Waals surface area contributed by atoms with Gasteiger partial charge in [0.1, 0.15) is 0 Å². The smallest absolute Gasteiger partial charge is 0.169 e. The first kappa shape index (κ1) is 17.3. The molecule has 0 spiro atoms. The van der Waals surface area contributed by atoms with Crippen LogP contribution in [-0.2, 0) is 4.79 Å². The van der Waals surface area contributed by atoms with Crippen LogP contribution < -0.4 is 0 Å². The third-order valence-electron chi connectivity index (χ3n) is 7.94. The van der Waals surface area contributed by atoms with E-state index in [1.165, 1.54) is 5.57 Å². The predicted octanol–water partition coefficient (Wildman–Crippen LogP) is 5.33. The zero-order valence-electron chi connectivity index (χ0n) is 14.4. The van der Waals surface area contributed by atoms with Crippen molar-refractivity contribution in [2.45, 2.75) is 64.9 Å². The summed E-state index contributed by atoms with van der Waals surface area (Å²) in [4.78, 5) is 12.1. The van der Waals surface area contributed by atoms with Gasteiger partial charge in [-0.15, -0.1) is 0 Å². The lowest BCUT2D eigenvalue weighted by Gasteiger charge is -2.60. The SMILES string of the molecule is C[C@]12CCC(=O)C(Br)=C1CC[C@@H]1[C@@H]2CC[C@]2(C)C(O)C(Cl)=CC[C@@H]12. The van der Waals surface area contributed by atoms with Gasteiger partial charge in [0.2, 0.25) is 0 Å². The molecule has 4 heteroatoms. The normalized spacial score (nSPS) is 48.4. The molecule has 2 nitrogen and oxygen atoms in total. The van der Waals surface area contributed by atoms with Crippen molar-refractivity contribution >= 4 is 33.3 Å². The van der Waals surface area contributed by atoms with Crippen molar-refractivity contribution in [2.24, 2.45) is 28.6 Å². The van der Waals surface area contributed by atoms with Crippen LogP contribution >= 0.6 is 27.5 Å². The van der Waals surface area contributed by atoms with Gasteiger partial charge in [-0.25, -0.2) is 0 Å². The Hall–Kier alpha value is -0.120. The number of Topliss-reactive ketones (excluding diaryl/α,β-unsaturated/α-hetero) is 1. The Kier molecular flexibility index (Phi) is 4.10. The van der Waals surface area contributed by atoms with Gasteiger partial charge < -0.3 is 5.11 Å². The van der Waals surface area contributed by atoms with Crippen LogP contribution in [0.3, 0.4) is 0 Å². The van der Waals surface area contributed by atoms with Gasteiger partial charge in [0.25, 0.3) is 0 Å². The molecule has 6 atom stereocenters. The zero-order valence-corrected chi connectivity index (χ0v) is 16.8. The lowest BCUT2D eigenvalue weighted by Crippen LogP contribution is -2.55. The van der Waals surface area contributed by atoms with E-state index in [1.54, 1.807) is 0 Å². The van der Waals surface area contributed by atoms with Gasteiger partial charge in [-0.3, -0.25) is 4.79 Å². The highest BCUT2D eigenvalue weighted by atomic mass is 79.9. The molecule has 4 aliphatic carbocycles. The third-order valence-corrected chi connectivity index (χ3v) is 9.23. The van der Waals surface area contributed by atoms with Crippen LogP contribution in [0.15, 0.2) is 21.2 Å². The van der Waals surface area contributed by atoms with Crippen LogP contribution in [-0.4, -0.2) is 17.0 Å². The maximum Gasteiger partial charge on any atom is 0.169 e. The van der Waals surface area contributed by atoms with E-state index in [2.05, 4.69) is 35.9 Å². The van der Waals surface area contributed by atoms with Gasteiger partial charge in [-0.05, 0) is 83.2 Å². The van der Waals surface area contributed by atoms with Crippen LogP contribution in [0.4, 0.5) is 0 Å². The van der Waals surface area contributed by atoms with E-state index >= 15 is 0 Å². The van der Waals surface area contributed by atoms with Crippen molar-refractivity contribution in [3.8, 4) is 0 Å². The number of carbonyl (C=O) groups excluding carboxylic acids is 1. The van der Waals surface area contributed by atoms with Crippen molar-refractivity contribution in [1.82, 2.24) is 0 Å². The molecule has 0 bridgehead atoms. The number of rotatable bonds is 0. The molecule has 0 heterocycles. The minimum Gasteiger partial charge on any atom is -0.387 e. The Morgan fingerprint density at radius 2 is 1.96 bits per heavy atom. The second-order valence-corrected chi connectivity index (χ2v) is 10.0. The molecule has 0 saturated heterocycles. The molecule has 2 fully saturated rings. The lowest BCUT2D eigenvalue weighted by atomic mass is 9.45. The molecule has 2 saturated carbocycles. The molecule has 0 amide bonds. The summed E-state index contributed by atoms with van der Waals surface area (Å²) < 4.78 is 0.870. The van der Waals surface area contributed by atoms with Crippen molar-refractivity contribution in [2.75, 3.05) is 0 Å². The molecule has 24 heavy (non-hydrogen) atoms. The Labute approximate surface area is 157 Å². The molecule has 0 aromatic carbocycles. The van der Waals surface area contributed by atoms with Crippen molar-refractivity contribution in [3.05, 3.63) is 21.2 Å². The number of carbonyl (C=O) groups is 1. The first-order valence-corrected chi connectivity index (χ1v) is 10.4. The van der Waals surface area contributed by atoms with Crippen LogP contribution in [0, 0.1) is 28.6 Å². The number of aliphatic hydroxyl groups excluding tert-OH is 1. The molecule has 0 aromatic rings. The zero-order chi connectivity index (χ0) is 17.3. The Morgan fingerprint density at radius 1 is 1.21 bits per heavy atom. The van der Waals surface area contributed by atoms with Gasteiger partial charge in [0, 0.05) is 16.9 Å². The van der Waals surface area contributed by atoms with Crippen molar-refractivity contribution < 1.29 is 9.90 Å². The van der Waals surface area contributed by atoms with E-state index in [-0.39, 0.29) is 16.6 Å². The van der Waals surface area contributed by atoms with E-state index in [1.807, 2.05) is 0 Å². The number of hydrogen-bond acceptors (Lipinski definition) is 2. The van der Waals surface area contributed by atoms with Crippen LogP contribution in [0.1, 0.15) is 58.8 Å². The molecule has 0 radical (unpaired) electrons. The second-order valence-electron chi connectivity index (χ2n) is 8.82. The average Bonchev–Trinajstić information content (AvgIpc) is 2.55. The maximum absolute atomic E-state index is 12.1. The second kappa shape index (κ2) is 5.69. The summed E-state index contributed by atoms with van der Waals surface area (Å²) >= 11 is 9.89. The van der Waals surface area contributed by atoms with E-state index in [0.29, 0.717) is 29.2 Å². The average molecular weight is 414 g/mol. The summed E-state index contributed by atoms with van der Waals surface area (Å²) in [7, 11) is 0. The minimum absolute atomic E-state index is 0.0910. The van der Waals surface area contributed by atoms with Crippen LogP contribution in [0.2, 0.25) is 0 Å². The summed E-state index contributed by atoms with van der Waals surface area (Å²) in [5.74, 6) is 2.03. The van der Waals surface area contributed by atoms with E-state index in [0.717, 1.165) is 43.0 Å². The lowest BCUT2D eigenvalue weighted by molar-refractivity contribution is -0.120. The van der Waals surface area contributed by atoms with Gasteiger partial charge in [0.15, 0.2) is 5.78 Å². The molecule has 0 aromatic heterocycles. The minimum atomic E-state index is -0.511. The summed E-state index contributed by atoms with van der Waals surface area (Å²) in [6.45, 7) is 4.62. The molecule has 4 rings (SSSR count). The van der Waals surface area contributed by atoms with Gasteiger partial charge in [-0.1, -0.05) is 31.5 Å². The number of aliphatic hydroxyl groups is 1. The monoisotopic (exact) mass is 412 g/mol. The molecule has 1 unspecified atom stereocenters. The first-order valence-electron chi connectivity index (χ1n) is 9.25. The number of allylic oxidation sites excluding steroid dienone is 3.